The van der Waals surface area contributed by atoms with Gasteiger partial charge in [-0.05, 0) is 18.8 Å². The molecule has 0 aliphatic rings. The first-order valence-corrected chi connectivity index (χ1v) is 6.82. The zero-order valence-corrected chi connectivity index (χ0v) is 11.4. The molecule has 0 saturated heterocycles. The molecule has 0 saturated carbocycles. The van der Waals surface area contributed by atoms with E-state index < -0.39 is 12.0 Å². The number of nitrogens with one attached hydrogen (secondary N) is 1. The predicted molar refractivity (Wildman–Crippen MR) is 69.5 cm³/mol. The Bertz CT molecular complexity index is 390. The Balaban J connectivity index is 2.39. The SMILES string of the molecule is CC(C)C[C@@H](NC(=O)CCc1cscn1)C(=O)O. The Kier molecular flexibility index (Phi) is 5.77. The first-order chi connectivity index (χ1) is 8.49. The van der Waals surface area contributed by atoms with Crippen LogP contribution in [0.15, 0.2) is 10.9 Å². The lowest BCUT2D eigenvalue weighted by Gasteiger charge is -2.16. The maximum atomic E-state index is 11.6. The van der Waals surface area contributed by atoms with Crippen molar-refractivity contribution in [2.75, 3.05) is 0 Å². The third-order valence-electron chi connectivity index (χ3n) is 2.43. The van der Waals surface area contributed by atoms with E-state index in [-0.39, 0.29) is 18.2 Å². The molecule has 0 unspecified atom stereocenters. The van der Waals surface area contributed by atoms with E-state index in [1.807, 2.05) is 19.2 Å². The summed E-state index contributed by atoms with van der Waals surface area (Å²) in [6.45, 7) is 3.86. The van der Waals surface area contributed by atoms with Crippen molar-refractivity contribution in [3.05, 3.63) is 16.6 Å². The Morgan fingerprint density at radius 1 is 1.50 bits per heavy atom. The van der Waals surface area contributed by atoms with Gasteiger partial charge in [0.05, 0.1) is 11.2 Å². The molecule has 100 valence electrons. The van der Waals surface area contributed by atoms with Crippen LogP contribution < -0.4 is 5.32 Å². The van der Waals surface area contributed by atoms with E-state index in [9.17, 15) is 9.59 Å². The topological polar surface area (TPSA) is 79.3 Å². The van der Waals surface area contributed by atoms with Crippen LogP contribution in [0.3, 0.4) is 0 Å². The van der Waals surface area contributed by atoms with E-state index in [1.54, 1.807) is 5.51 Å². The van der Waals surface area contributed by atoms with Crippen LogP contribution in [0.5, 0.6) is 0 Å². The van der Waals surface area contributed by atoms with Crippen LogP contribution in [0, 0.1) is 5.92 Å². The highest BCUT2D eigenvalue weighted by Gasteiger charge is 2.20. The van der Waals surface area contributed by atoms with Gasteiger partial charge in [-0.2, -0.15) is 0 Å². The number of carbonyl (C=O) groups excluding carboxylic acids is 1. The van der Waals surface area contributed by atoms with Gasteiger partial charge in [-0.1, -0.05) is 13.8 Å². The molecule has 0 radical (unpaired) electrons. The third kappa shape index (κ3) is 5.27. The van der Waals surface area contributed by atoms with Crippen molar-refractivity contribution in [3.63, 3.8) is 0 Å². The monoisotopic (exact) mass is 270 g/mol. The number of carbonyl (C=O) groups is 2. The van der Waals surface area contributed by atoms with Crippen LogP contribution in [0.25, 0.3) is 0 Å². The second-order valence-corrected chi connectivity index (χ2v) is 5.29. The number of hydrogen-bond donors (Lipinski definition) is 2. The molecule has 1 aromatic heterocycles. The van der Waals surface area contributed by atoms with Crippen LogP contribution in [0.1, 0.15) is 32.4 Å². The second kappa shape index (κ2) is 7.10. The number of aryl methyl sites for hydroxylation is 1. The number of amides is 1. The summed E-state index contributed by atoms with van der Waals surface area (Å²) in [5.74, 6) is -0.994. The molecule has 0 aromatic carbocycles. The molecule has 1 aromatic rings. The average molecular weight is 270 g/mol. The number of nitrogens with zero attached hydrogens (tertiary/aromatic N) is 1. The smallest absolute Gasteiger partial charge is 0.326 e. The number of thiazole rings is 1. The van der Waals surface area contributed by atoms with Crippen LogP contribution >= 0.6 is 11.3 Å². The molecule has 18 heavy (non-hydrogen) atoms. The molecule has 0 fully saturated rings. The Morgan fingerprint density at radius 3 is 2.72 bits per heavy atom. The minimum absolute atomic E-state index is 0.227. The van der Waals surface area contributed by atoms with E-state index in [0.29, 0.717) is 12.8 Å². The lowest BCUT2D eigenvalue weighted by atomic mass is 10.0. The number of carboxylic acid groups (broad SMARTS) is 1. The van der Waals surface area contributed by atoms with Gasteiger partial charge in [-0.15, -0.1) is 11.3 Å². The number of carboxylic acids is 1. The molecule has 0 aliphatic carbocycles. The number of hydrogen-bond acceptors (Lipinski definition) is 4. The fourth-order valence-corrected chi connectivity index (χ4v) is 2.15. The van der Waals surface area contributed by atoms with Crippen LogP contribution in [0.2, 0.25) is 0 Å². The summed E-state index contributed by atoms with van der Waals surface area (Å²) >= 11 is 1.48. The van der Waals surface area contributed by atoms with Crippen molar-refractivity contribution in [2.24, 2.45) is 5.92 Å². The molecule has 0 bridgehead atoms. The highest BCUT2D eigenvalue weighted by molar-refractivity contribution is 7.07. The van der Waals surface area contributed by atoms with Gasteiger partial charge in [0, 0.05) is 11.8 Å². The molecular weight excluding hydrogens is 252 g/mol. The van der Waals surface area contributed by atoms with Crippen molar-refractivity contribution >= 4 is 23.2 Å². The molecule has 6 heteroatoms. The summed E-state index contributed by atoms with van der Waals surface area (Å²) in [6.07, 6.45) is 1.26. The van der Waals surface area contributed by atoms with Gasteiger partial charge < -0.3 is 10.4 Å². The fourth-order valence-electron chi connectivity index (χ4n) is 1.56. The van der Waals surface area contributed by atoms with Gasteiger partial charge in [-0.3, -0.25) is 4.79 Å². The summed E-state index contributed by atoms with van der Waals surface area (Å²) in [6, 6.07) is -0.798. The zero-order chi connectivity index (χ0) is 13.5. The molecule has 5 nitrogen and oxygen atoms in total. The Labute approximate surface area is 110 Å². The van der Waals surface area contributed by atoms with Gasteiger partial charge in [0.2, 0.25) is 5.91 Å². The fraction of sp³-hybridized carbons (Fsp3) is 0.583. The van der Waals surface area contributed by atoms with E-state index >= 15 is 0 Å². The van der Waals surface area contributed by atoms with E-state index in [4.69, 9.17) is 5.11 Å². The first kappa shape index (κ1) is 14.6. The maximum absolute atomic E-state index is 11.6. The lowest BCUT2D eigenvalue weighted by molar-refractivity contribution is -0.142. The number of aliphatic carboxylic acids is 1. The predicted octanol–water partition coefficient (Wildman–Crippen LogP) is 1.69. The summed E-state index contributed by atoms with van der Waals surface area (Å²) in [7, 11) is 0. The quantitative estimate of drug-likeness (QED) is 0.790. The summed E-state index contributed by atoms with van der Waals surface area (Å²) < 4.78 is 0. The lowest BCUT2D eigenvalue weighted by Crippen LogP contribution is -2.41. The van der Waals surface area contributed by atoms with Crippen LogP contribution in [-0.4, -0.2) is 28.0 Å². The van der Waals surface area contributed by atoms with Crippen molar-refractivity contribution in [1.29, 1.82) is 0 Å². The second-order valence-electron chi connectivity index (χ2n) is 4.57. The Hall–Kier alpha value is -1.43. The van der Waals surface area contributed by atoms with Gasteiger partial charge in [0.25, 0.3) is 0 Å². The van der Waals surface area contributed by atoms with E-state index in [0.717, 1.165) is 5.69 Å². The zero-order valence-electron chi connectivity index (χ0n) is 10.5. The highest BCUT2D eigenvalue weighted by atomic mass is 32.1. The van der Waals surface area contributed by atoms with Crippen molar-refractivity contribution in [1.82, 2.24) is 10.3 Å². The summed E-state index contributed by atoms with van der Waals surface area (Å²) in [5, 5.41) is 13.4. The van der Waals surface area contributed by atoms with Crippen molar-refractivity contribution in [3.8, 4) is 0 Å². The standard InChI is InChI=1S/C12H18N2O3S/c1-8(2)5-10(12(16)17)14-11(15)4-3-9-6-18-7-13-9/h6-8,10H,3-5H2,1-2H3,(H,14,15)(H,16,17)/t10-/m1/s1. The van der Waals surface area contributed by atoms with Gasteiger partial charge >= 0.3 is 5.97 Å². The molecule has 0 aliphatic heterocycles. The summed E-state index contributed by atoms with van der Waals surface area (Å²) in [4.78, 5) is 26.7. The third-order valence-corrected chi connectivity index (χ3v) is 3.07. The Morgan fingerprint density at radius 2 is 2.22 bits per heavy atom. The average Bonchev–Trinajstić information content (AvgIpc) is 2.77. The van der Waals surface area contributed by atoms with E-state index in [1.165, 1.54) is 11.3 Å². The minimum atomic E-state index is -0.981. The number of rotatable bonds is 7. The minimum Gasteiger partial charge on any atom is -0.480 e. The summed E-state index contributed by atoms with van der Waals surface area (Å²) in [5.41, 5.74) is 2.58. The molecule has 1 atom stereocenters. The largest absolute Gasteiger partial charge is 0.480 e. The maximum Gasteiger partial charge on any atom is 0.326 e. The van der Waals surface area contributed by atoms with Gasteiger partial charge in [-0.25, -0.2) is 9.78 Å². The van der Waals surface area contributed by atoms with Crippen molar-refractivity contribution < 1.29 is 14.7 Å². The van der Waals surface area contributed by atoms with Gasteiger partial charge in [0.1, 0.15) is 6.04 Å². The van der Waals surface area contributed by atoms with Crippen LogP contribution in [-0.2, 0) is 16.0 Å². The van der Waals surface area contributed by atoms with E-state index in [2.05, 4.69) is 10.3 Å². The van der Waals surface area contributed by atoms with Crippen LogP contribution in [0.4, 0.5) is 0 Å². The normalized spacial score (nSPS) is 12.4. The highest BCUT2D eigenvalue weighted by Crippen LogP contribution is 2.07. The molecule has 1 rings (SSSR count). The molecule has 1 heterocycles. The molecular formula is C12H18N2O3S. The molecule has 2 N–H and O–H groups in total. The van der Waals surface area contributed by atoms with Gasteiger partial charge in [0.15, 0.2) is 0 Å². The number of aromatic nitrogens is 1. The van der Waals surface area contributed by atoms with Crippen molar-refractivity contribution in [2.45, 2.75) is 39.2 Å². The molecule has 0 spiro atoms. The first-order valence-electron chi connectivity index (χ1n) is 5.88. The molecule has 1 amide bonds.